The zero-order valence-corrected chi connectivity index (χ0v) is 18.6. The number of carbonyl (C=O) groups is 1. The van der Waals surface area contributed by atoms with E-state index >= 15 is 0 Å². The van der Waals surface area contributed by atoms with Gasteiger partial charge in [0.25, 0.3) is 5.56 Å². The molecule has 1 aliphatic heterocycles. The maximum atomic E-state index is 13.5. The van der Waals surface area contributed by atoms with Gasteiger partial charge in [-0.2, -0.15) is 0 Å². The summed E-state index contributed by atoms with van der Waals surface area (Å²) in [6.45, 7) is 3.66. The highest BCUT2D eigenvalue weighted by Crippen LogP contribution is 2.32. The van der Waals surface area contributed by atoms with Crippen molar-refractivity contribution in [1.82, 2.24) is 4.57 Å². The van der Waals surface area contributed by atoms with Crippen LogP contribution in [0.1, 0.15) is 31.0 Å². The topological polar surface area (TPSA) is 69.9 Å². The van der Waals surface area contributed by atoms with Gasteiger partial charge in [-0.15, -0.1) is 0 Å². The summed E-state index contributed by atoms with van der Waals surface area (Å²) in [6.07, 6.45) is 1.69. The van der Waals surface area contributed by atoms with Crippen LogP contribution in [-0.4, -0.2) is 24.3 Å². The van der Waals surface area contributed by atoms with Crippen LogP contribution in [-0.2, 0) is 9.53 Å². The zero-order valence-electron chi connectivity index (χ0n) is 17.8. The van der Waals surface area contributed by atoms with E-state index in [1.54, 1.807) is 57.4 Å². The summed E-state index contributed by atoms with van der Waals surface area (Å²) in [6, 6.07) is 12.4. The predicted molar refractivity (Wildman–Crippen MR) is 120 cm³/mol. The third-order valence-corrected chi connectivity index (χ3v) is 6.08. The lowest BCUT2D eigenvalue weighted by molar-refractivity contribution is -0.139. The van der Waals surface area contributed by atoms with Crippen LogP contribution in [0.15, 0.2) is 69.6 Å². The molecule has 6 nitrogen and oxygen atoms in total. The first-order valence-electron chi connectivity index (χ1n) is 10.0. The minimum atomic E-state index is -0.712. The molecule has 0 amide bonds. The van der Waals surface area contributed by atoms with Crippen molar-refractivity contribution >= 4 is 23.4 Å². The van der Waals surface area contributed by atoms with Gasteiger partial charge in [-0.3, -0.25) is 9.36 Å². The maximum Gasteiger partial charge on any atom is 0.338 e. The first-order chi connectivity index (χ1) is 15.4. The number of hydrogen-bond acceptors (Lipinski definition) is 6. The number of halogens is 1. The summed E-state index contributed by atoms with van der Waals surface area (Å²) in [5.74, 6) is -0.264. The van der Waals surface area contributed by atoms with Crippen LogP contribution >= 0.6 is 11.3 Å². The van der Waals surface area contributed by atoms with Crippen LogP contribution in [0.2, 0.25) is 0 Å². The van der Waals surface area contributed by atoms with E-state index in [4.69, 9.17) is 9.47 Å². The molecule has 32 heavy (non-hydrogen) atoms. The lowest BCUT2D eigenvalue weighted by Gasteiger charge is -2.25. The second kappa shape index (κ2) is 8.92. The highest BCUT2D eigenvalue weighted by molar-refractivity contribution is 7.07. The number of nitrogens with zero attached hydrogens (tertiary/aromatic N) is 2. The van der Waals surface area contributed by atoms with Gasteiger partial charge in [0.2, 0.25) is 0 Å². The molecule has 2 aromatic carbocycles. The standard InChI is InChI=1S/C24H21FN2O4S/c1-4-31-23(29)20-14(2)26-24-27(21(20)16-6-5-7-18(13-16)30-3)22(28)19(32-24)12-15-8-10-17(25)11-9-15/h5-13,21H,4H2,1-3H3. The highest BCUT2D eigenvalue weighted by atomic mass is 32.1. The number of fused-ring (bicyclic) bond motifs is 1. The molecule has 164 valence electrons. The number of benzene rings is 2. The monoisotopic (exact) mass is 452 g/mol. The molecule has 1 aliphatic rings. The highest BCUT2D eigenvalue weighted by Gasteiger charge is 2.33. The Morgan fingerprint density at radius 3 is 2.69 bits per heavy atom. The number of hydrogen-bond donors (Lipinski definition) is 0. The Morgan fingerprint density at radius 1 is 1.25 bits per heavy atom. The summed E-state index contributed by atoms with van der Waals surface area (Å²) < 4.78 is 25.8. The van der Waals surface area contributed by atoms with Gasteiger partial charge in [-0.1, -0.05) is 35.6 Å². The summed E-state index contributed by atoms with van der Waals surface area (Å²) in [4.78, 5) is 31.3. The Hall–Kier alpha value is -3.52. The number of ether oxygens (including phenoxy) is 2. The van der Waals surface area contributed by atoms with Gasteiger partial charge >= 0.3 is 5.97 Å². The van der Waals surface area contributed by atoms with Crippen LogP contribution in [0.5, 0.6) is 5.75 Å². The van der Waals surface area contributed by atoms with E-state index in [2.05, 4.69) is 4.99 Å². The lowest BCUT2D eigenvalue weighted by Crippen LogP contribution is -2.39. The van der Waals surface area contributed by atoms with E-state index in [9.17, 15) is 14.0 Å². The molecule has 3 aromatic rings. The normalized spacial score (nSPS) is 15.9. The maximum absolute atomic E-state index is 13.5. The molecule has 4 rings (SSSR count). The summed E-state index contributed by atoms with van der Waals surface area (Å²) >= 11 is 1.22. The van der Waals surface area contributed by atoms with Crippen molar-refractivity contribution in [2.45, 2.75) is 19.9 Å². The van der Waals surface area contributed by atoms with E-state index in [1.165, 1.54) is 28.0 Å². The molecular formula is C24H21FN2O4S. The van der Waals surface area contributed by atoms with E-state index in [0.29, 0.717) is 37.5 Å². The Kier molecular flexibility index (Phi) is 6.05. The van der Waals surface area contributed by atoms with Crippen molar-refractivity contribution in [3.8, 4) is 5.75 Å². The Morgan fingerprint density at radius 2 is 2.00 bits per heavy atom. The third-order valence-electron chi connectivity index (χ3n) is 5.09. The fourth-order valence-electron chi connectivity index (χ4n) is 3.63. The number of thiazole rings is 1. The molecule has 0 N–H and O–H groups in total. The smallest absolute Gasteiger partial charge is 0.338 e. The Balaban J connectivity index is 1.96. The number of carbonyl (C=O) groups excluding carboxylic acids is 1. The van der Waals surface area contributed by atoms with Crippen LogP contribution in [0, 0.1) is 5.82 Å². The minimum Gasteiger partial charge on any atom is -0.497 e. The number of rotatable bonds is 5. The second-order valence-corrected chi connectivity index (χ2v) is 8.14. The molecule has 1 aromatic heterocycles. The molecule has 0 saturated heterocycles. The van der Waals surface area contributed by atoms with Crippen molar-refractivity contribution in [2.24, 2.45) is 4.99 Å². The van der Waals surface area contributed by atoms with Crippen molar-refractivity contribution in [3.63, 3.8) is 0 Å². The number of esters is 1. The fourth-order valence-corrected chi connectivity index (χ4v) is 4.68. The molecule has 8 heteroatoms. The number of methoxy groups -OCH3 is 1. The van der Waals surface area contributed by atoms with E-state index < -0.39 is 12.0 Å². The molecule has 0 bridgehead atoms. The SMILES string of the molecule is CCOC(=O)C1=C(C)N=c2sc(=Cc3ccc(F)cc3)c(=O)n2C1c1cccc(OC)c1. The molecular weight excluding hydrogens is 431 g/mol. The lowest BCUT2D eigenvalue weighted by atomic mass is 9.95. The molecule has 1 unspecified atom stereocenters. The quantitative estimate of drug-likeness (QED) is 0.558. The predicted octanol–water partition coefficient (Wildman–Crippen LogP) is 2.95. The van der Waals surface area contributed by atoms with Gasteiger partial charge in [0.15, 0.2) is 4.80 Å². The van der Waals surface area contributed by atoms with Gasteiger partial charge in [-0.25, -0.2) is 14.2 Å². The average Bonchev–Trinajstić information content (AvgIpc) is 3.09. The largest absolute Gasteiger partial charge is 0.497 e. The molecule has 1 atom stereocenters. The Labute approximate surface area is 187 Å². The van der Waals surface area contributed by atoms with Gasteiger partial charge in [0.05, 0.1) is 35.6 Å². The molecule has 0 radical (unpaired) electrons. The van der Waals surface area contributed by atoms with Crippen LogP contribution in [0.3, 0.4) is 0 Å². The van der Waals surface area contributed by atoms with Crippen molar-refractivity contribution in [1.29, 1.82) is 0 Å². The van der Waals surface area contributed by atoms with E-state index in [-0.39, 0.29) is 18.0 Å². The van der Waals surface area contributed by atoms with E-state index in [1.807, 2.05) is 6.07 Å². The summed E-state index contributed by atoms with van der Waals surface area (Å²) in [5, 5.41) is 0. The zero-order chi connectivity index (χ0) is 22.8. The van der Waals surface area contributed by atoms with Gasteiger partial charge < -0.3 is 9.47 Å². The molecule has 0 saturated carbocycles. The average molecular weight is 453 g/mol. The van der Waals surface area contributed by atoms with Crippen LogP contribution in [0.4, 0.5) is 4.39 Å². The fraction of sp³-hybridized carbons (Fsp3) is 0.208. The number of allylic oxidation sites excluding steroid dienone is 1. The molecule has 0 fully saturated rings. The van der Waals surface area contributed by atoms with Gasteiger partial charge in [0, 0.05) is 0 Å². The molecule has 0 spiro atoms. The minimum absolute atomic E-state index is 0.204. The molecule has 2 heterocycles. The first-order valence-corrected chi connectivity index (χ1v) is 10.8. The van der Waals surface area contributed by atoms with Crippen LogP contribution < -0.4 is 19.6 Å². The first kappa shape index (κ1) is 21.7. The van der Waals surface area contributed by atoms with E-state index in [0.717, 1.165) is 0 Å². The second-order valence-electron chi connectivity index (χ2n) is 7.13. The van der Waals surface area contributed by atoms with Crippen LogP contribution in [0.25, 0.3) is 6.08 Å². The van der Waals surface area contributed by atoms with Crippen molar-refractivity contribution < 1.29 is 18.7 Å². The number of aromatic nitrogens is 1. The van der Waals surface area contributed by atoms with Gasteiger partial charge in [-0.05, 0) is 55.3 Å². The Bertz CT molecular complexity index is 1390. The third kappa shape index (κ3) is 4.01. The van der Waals surface area contributed by atoms with Crippen molar-refractivity contribution in [3.05, 3.63) is 96.4 Å². The summed E-state index contributed by atoms with van der Waals surface area (Å²) in [7, 11) is 1.56. The van der Waals surface area contributed by atoms with Crippen molar-refractivity contribution in [2.75, 3.05) is 13.7 Å². The summed E-state index contributed by atoms with van der Waals surface area (Å²) in [5.41, 5.74) is 1.90. The van der Waals surface area contributed by atoms with Gasteiger partial charge in [0.1, 0.15) is 11.6 Å². The molecule has 0 aliphatic carbocycles.